The molecule has 1 saturated heterocycles. The van der Waals surface area contributed by atoms with Gasteiger partial charge in [0, 0.05) is 30.2 Å². The molecule has 1 aromatic carbocycles. The van der Waals surface area contributed by atoms with Gasteiger partial charge in [0.2, 0.25) is 5.91 Å². The third-order valence-corrected chi connectivity index (χ3v) is 4.23. The first-order valence-corrected chi connectivity index (χ1v) is 7.10. The quantitative estimate of drug-likeness (QED) is 0.900. The number of likely N-dealkylation sites (tertiary alicyclic amines) is 1. The Labute approximate surface area is 113 Å². The van der Waals surface area contributed by atoms with Crippen LogP contribution in [0.4, 0.5) is 0 Å². The summed E-state index contributed by atoms with van der Waals surface area (Å²) in [6, 6.07) is 8.16. The Morgan fingerprint density at radius 2 is 2.26 bits per heavy atom. The lowest BCUT2D eigenvalue weighted by Gasteiger charge is -2.16. The van der Waals surface area contributed by atoms with E-state index >= 15 is 0 Å². The van der Waals surface area contributed by atoms with Crippen LogP contribution in [0.3, 0.4) is 0 Å². The van der Waals surface area contributed by atoms with Crippen molar-refractivity contribution in [2.24, 2.45) is 5.92 Å². The molecular formula is C16H20N2O. The number of hydrogen-bond acceptors (Lipinski definition) is 1. The summed E-state index contributed by atoms with van der Waals surface area (Å²) in [4.78, 5) is 17.6. The third kappa shape index (κ3) is 2.37. The van der Waals surface area contributed by atoms with Crippen molar-refractivity contribution in [2.45, 2.75) is 26.2 Å². The number of nitrogens with zero attached hydrogens (tertiary/aromatic N) is 1. The van der Waals surface area contributed by atoms with E-state index in [1.165, 1.54) is 11.8 Å². The van der Waals surface area contributed by atoms with Gasteiger partial charge in [-0.1, -0.05) is 31.5 Å². The van der Waals surface area contributed by atoms with Crippen molar-refractivity contribution in [1.82, 2.24) is 9.88 Å². The number of carbonyl (C=O) groups is 1. The molecule has 0 bridgehead atoms. The molecule has 1 aliphatic rings. The average Bonchev–Trinajstić information content (AvgIpc) is 3.06. The molecule has 1 unspecified atom stereocenters. The van der Waals surface area contributed by atoms with E-state index in [1.807, 2.05) is 29.3 Å². The monoisotopic (exact) mass is 256 g/mol. The van der Waals surface area contributed by atoms with Crippen molar-refractivity contribution in [3.63, 3.8) is 0 Å². The van der Waals surface area contributed by atoms with Crippen LogP contribution in [0.2, 0.25) is 0 Å². The fourth-order valence-electron chi connectivity index (χ4n) is 2.94. The van der Waals surface area contributed by atoms with Gasteiger partial charge < -0.3 is 9.88 Å². The SMILES string of the molecule is CCC1CCN(C(=O)Cc2c[nH]c3ccccc23)C1. The Morgan fingerprint density at radius 3 is 3.05 bits per heavy atom. The summed E-state index contributed by atoms with van der Waals surface area (Å²) in [6.07, 6.45) is 4.82. The number of carbonyl (C=O) groups excluding carboxylic acids is 1. The van der Waals surface area contributed by atoms with Gasteiger partial charge in [0.15, 0.2) is 0 Å². The molecule has 1 amide bonds. The third-order valence-electron chi connectivity index (χ3n) is 4.23. The maximum atomic E-state index is 12.3. The van der Waals surface area contributed by atoms with Crippen LogP contribution >= 0.6 is 0 Å². The number of amides is 1. The molecule has 1 fully saturated rings. The van der Waals surface area contributed by atoms with E-state index in [9.17, 15) is 4.79 Å². The van der Waals surface area contributed by atoms with Crippen LogP contribution in [-0.2, 0) is 11.2 Å². The highest BCUT2D eigenvalue weighted by molar-refractivity contribution is 5.88. The van der Waals surface area contributed by atoms with E-state index in [1.54, 1.807) is 0 Å². The van der Waals surface area contributed by atoms with E-state index in [0.29, 0.717) is 12.3 Å². The summed E-state index contributed by atoms with van der Waals surface area (Å²) in [5, 5.41) is 1.17. The lowest BCUT2D eigenvalue weighted by atomic mass is 10.1. The molecule has 0 radical (unpaired) electrons. The molecule has 1 N–H and O–H groups in total. The molecule has 1 aliphatic heterocycles. The number of rotatable bonds is 3. The topological polar surface area (TPSA) is 36.1 Å². The largest absolute Gasteiger partial charge is 0.361 e. The molecule has 3 rings (SSSR count). The molecule has 0 saturated carbocycles. The second kappa shape index (κ2) is 5.08. The van der Waals surface area contributed by atoms with Gasteiger partial charge in [0.25, 0.3) is 0 Å². The van der Waals surface area contributed by atoms with Crippen LogP contribution in [0.1, 0.15) is 25.3 Å². The molecule has 3 heteroatoms. The number of benzene rings is 1. The lowest BCUT2D eigenvalue weighted by molar-refractivity contribution is -0.129. The highest BCUT2D eigenvalue weighted by atomic mass is 16.2. The van der Waals surface area contributed by atoms with Crippen molar-refractivity contribution in [3.05, 3.63) is 36.0 Å². The minimum atomic E-state index is 0.265. The minimum absolute atomic E-state index is 0.265. The smallest absolute Gasteiger partial charge is 0.227 e. The van der Waals surface area contributed by atoms with E-state index in [-0.39, 0.29) is 5.91 Å². The Balaban J connectivity index is 1.73. The number of nitrogens with one attached hydrogen (secondary N) is 1. The van der Waals surface area contributed by atoms with Crippen LogP contribution in [0.15, 0.2) is 30.5 Å². The maximum Gasteiger partial charge on any atom is 0.227 e. The average molecular weight is 256 g/mol. The van der Waals surface area contributed by atoms with Gasteiger partial charge in [0.05, 0.1) is 6.42 Å². The molecule has 0 spiro atoms. The van der Waals surface area contributed by atoms with Gasteiger partial charge in [-0.25, -0.2) is 0 Å². The normalized spacial score (nSPS) is 19.2. The van der Waals surface area contributed by atoms with Crippen LogP contribution < -0.4 is 0 Å². The highest BCUT2D eigenvalue weighted by Gasteiger charge is 2.25. The molecule has 2 aromatic rings. The standard InChI is InChI=1S/C16H20N2O/c1-2-12-7-8-18(11-12)16(19)9-13-10-17-15-6-4-3-5-14(13)15/h3-6,10,12,17H,2,7-9,11H2,1H3. The van der Waals surface area contributed by atoms with Gasteiger partial charge in [-0.15, -0.1) is 0 Å². The summed E-state index contributed by atoms with van der Waals surface area (Å²) < 4.78 is 0. The molecule has 1 atom stereocenters. The number of hydrogen-bond donors (Lipinski definition) is 1. The Bertz CT molecular complexity index is 587. The maximum absolute atomic E-state index is 12.3. The molecule has 2 heterocycles. The molecule has 0 aliphatic carbocycles. The van der Waals surface area contributed by atoms with Gasteiger partial charge >= 0.3 is 0 Å². The molecule has 19 heavy (non-hydrogen) atoms. The number of aromatic nitrogens is 1. The lowest BCUT2D eigenvalue weighted by Crippen LogP contribution is -2.30. The van der Waals surface area contributed by atoms with Crippen molar-refractivity contribution in [1.29, 1.82) is 0 Å². The van der Waals surface area contributed by atoms with Crippen LogP contribution in [0.5, 0.6) is 0 Å². The van der Waals surface area contributed by atoms with E-state index < -0.39 is 0 Å². The number of H-pyrrole nitrogens is 1. The second-order valence-corrected chi connectivity index (χ2v) is 5.44. The Kier molecular flexibility index (Phi) is 3.28. The Morgan fingerprint density at radius 1 is 1.42 bits per heavy atom. The van der Waals surface area contributed by atoms with Crippen LogP contribution in [0, 0.1) is 5.92 Å². The van der Waals surface area contributed by atoms with Crippen molar-refractivity contribution >= 4 is 16.8 Å². The zero-order chi connectivity index (χ0) is 13.2. The summed E-state index contributed by atoms with van der Waals surface area (Å²) in [5.74, 6) is 0.965. The van der Waals surface area contributed by atoms with Gasteiger partial charge in [0.1, 0.15) is 0 Å². The van der Waals surface area contributed by atoms with Crippen LogP contribution in [-0.4, -0.2) is 28.9 Å². The number of fused-ring (bicyclic) bond motifs is 1. The fourth-order valence-corrected chi connectivity index (χ4v) is 2.94. The van der Waals surface area contributed by atoms with Crippen molar-refractivity contribution in [2.75, 3.05) is 13.1 Å². The predicted octanol–water partition coefficient (Wildman–Crippen LogP) is 2.97. The first-order chi connectivity index (χ1) is 9.28. The van der Waals surface area contributed by atoms with Crippen molar-refractivity contribution < 1.29 is 4.79 Å². The second-order valence-electron chi connectivity index (χ2n) is 5.44. The number of para-hydroxylation sites is 1. The fraction of sp³-hybridized carbons (Fsp3) is 0.438. The molecular weight excluding hydrogens is 236 g/mol. The number of aromatic amines is 1. The zero-order valence-corrected chi connectivity index (χ0v) is 11.4. The highest BCUT2D eigenvalue weighted by Crippen LogP contribution is 2.22. The van der Waals surface area contributed by atoms with Gasteiger partial charge in [-0.05, 0) is 24.0 Å². The Hall–Kier alpha value is -1.77. The van der Waals surface area contributed by atoms with E-state index in [2.05, 4.69) is 18.0 Å². The van der Waals surface area contributed by atoms with Crippen LogP contribution in [0.25, 0.3) is 10.9 Å². The zero-order valence-electron chi connectivity index (χ0n) is 11.4. The minimum Gasteiger partial charge on any atom is -0.361 e. The molecule has 100 valence electrons. The summed E-state index contributed by atoms with van der Waals surface area (Å²) in [7, 11) is 0. The van der Waals surface area contributed by atoms with E-state index in [4.69, 9.17) is 0 Å². The molecule has 1 aromatic heterocycles. The molecule has 3 nitrogen and oxygen atoms in total. The predicted molar refractivity (Wildman–Crippen MR) is 77.0 cm³/mol. The first-order valence-electron chi connectivity index (χ1n) is 7.10. The van der Waals surface area contributed by atoms with Gasteiger partial charge in [-0.2, -0.15) is 0 Å². The van der Waals surface area contributed by atoms with Gasteiger partial charge in [-0.3, -0.25) is 4.79 Å². The summed E-state index contributed by atoms with van der Waals surface area (Å²) >= 11 is 0. The van der Waals surface area contributed by atoms with Crippen molar-refractivity contribution in [3.8, 4) is 0 Å². The summed E-state index contributed by atoms with van der Waals surface area (Å²) in [5.41, 5.74) is 2.22. The first kappa shape index (κ1) is 12.3. The van der Waals surface area contributed by atoms with E-state index in [0.717, 1.165) is 30.6 Å². The summed E-state index contributed by atoms with van der Waals surface area (Å²) in [6.45, 7) is 4.08.